The molecule has 0 saturated heterocycles. The Morgan fingerprint density at radius 2 is 1.91 bits per heavy atom. The third kappa shape index (κ3) is 5.43. The zero-order valence-electron chi connectivity index (χ0n) is 13.7. The molecule has 0 saturated carbocycles. The van der Waals surface area contributed by atoms with Gasteiger partial charge in [0.25, 0.3) is 0 Å². The fourth-order valence-corrected chi connectivity index (χ4v) is 2.32. The molecule has 1 N–H and O–H groups in total. The Kier molecular flexibility index (Phi) is 5.42. The molecule has 0 fully saturated rings. The van der Waals surface area contributed by atoms with Crippen molar-refractivity contribution in [2.75, 3.05) is 0 Å². The molecule has 0 aromatic heterocycles. The van der Waals surface area contributed by atoms with Crippen LogP contribution >= 0.6 is 0 Å². The summed E-state index contributed by atoms with van der Waals surface area (Å²) in [6.45, 7) is 5.61. The molecular formula is C18H23NO4. The normalized spacial score (nSPS) is 20.1. The van der Waals surface area contributed by atoms with Crippen LogP contribution < -0.4 is 5.32 Å². The lowest BCUT2D eigenvalue weighted by Gasteiger charge is -2.23. The predicted molar refractivity (Wildman–Crippen MR) is 86.6 cm³/mol. The fraction of sp³-hybridized carbons (Fsp3) is 0.444. The van der Waals surface area contributed by atoms with Gasteiger partial charge in [-0.15, -0.1) is 0 Å². The molecule has 1 aliphatic rings. The van der Waals surface area contributed by atoms with Crippen LogP contribution in [0.3, 0.4) is 0 Å². The Morgan fingerprint density at radius 1 is 1.22 bits per heavy atom. The highest BCUT2D eigenvalue weighted by Gasteiger charge is 2.33. The topological polar surface area (TPSA) is 64.6 Å². The van der Waals surface area contributed by atoms with E-state index < -0.39 is 23.7 Å². The van der Waals surface area contributed by atoms with Crippen LogP contribution in [-0.4, -0.2) is 23.7 Å². The Morgan fingerprint density at radius 3 is 2.57 bits per heavy atom. The molecular weight excluding hydrogens is 294 g/mol. The highest BCUT2D eigenvalue weighted by atomic mass is 16.6. The number of ether oxygens (including phenoxy) is 2. The number of nitrogens with one attached hydrogen (secondary N) is 1. The zero-order valence-corrected chi connectivity index (χ0v) is 13.7. The average Bonchev–Trinajstić information content (AvgIpc) is 2.92. The minimum absolute atomic E-state index is 0.231. The van der Waals surface area contributed by atoms with E-state index in [9.17, 15) is 9.59 Å². The van der Waals surface area contributed by atoms with Crippen LogP contribution in [0.1, 0.15) is 32.8 Å². The largest absolute Gasteiger partial charge is 0.461 e. The molecule has 2 rings (SSSR count). The summed E-state index contributed by atoms with van der Waals surface area (Å²) >= 11 is 0. The number of benzene rings is 1. The Labute approximate surface area is 136 Å². The van der Waals surface area contributed by atoms with Crippen LogP contribution in [0.5, 0.6) is 0 Å². The van der Waals surface area contributed by atoms with E-state index in [2.05, 4.69) is 5.32 Å². The van der Waals surface area contributed by atoms with Crippen LogP contribution in [0.4, 0.5) is 4.79 Å². The van der Waals surface area contributed by atoms with Crippen LogP contribution in [-0.2, 0) is 20.9 Å². The molecule has 1 amide bonds. The summed E-state index contributed by atoms with van der Waals surface area (Å²) < 4.78 is 10.6. The van der Waals surface area contributed by atoms with Gasteiger partial charge in [-0.05, 0) is 32.8 Å². The van der Waals surface area contributed by atoms with Crippen molar-refractivity contribution in [1.82, 2.24) is 5.32 Å². The lowest BCUT2D eigenvalue weighted by Crippen LogP contribution is -2.43. The summed E-state index contributed by atoms with van der Waals surface area (Å²) in [5, 5.41) is 2.72. The zero-order chi connectivity index (χ0) is 16.9. The van der Waals surface area contributed by atoms with E-state index in [-0.39, 0.29) is 12.6 Å². The second-order valence-electron chi connectivity index (χ2n) is 6.54. The smallest absolute Gasteiger partial charge is 0.408 e. The first-order chi connectivity index (χ1) is 10.8. The Hall–Kier alpha value is -2.30. The average molecular weight is 317 g/mol. The van der Waals surface area contributed by atoms with Gasteiger partial charge in [0, 0.05) is 0 Å². The summed E-state index contributed by atoms with van der Waals surface area (Å²) in [6, 6.07) is 9.11. The molecule has 1 aromatic rings. The van der Waals surface area contributed by atoms with Gasteiger partial charge in [-0.25, -0.2) is 4.79 Å². The number of alkyl carbamates (subject to hydrolysis) is 1. The van der Waals surface area contributed by atoms with Gasteiger partial charge < -0.3 is 14.8 Å². The van der Waals surface area contributed by atoms with Crippen molar-refractivity contribution in [2.24, 2.45) is 5.92 Å². The van der Waals surface area contributed by atoms with Crippen molar-refractivity contribution in [3.05, 3.63) is 48.0 Å². The standard InChI is InChI=1S/C18H23NO4/c1-18(2,3)23-17(21)19-15-11-7-10-14(15)16(20)22-12-13-8-5-4-6-9-13/h4-9,11,14-15H,10,12H2,1-3H3,(H,19,21)/t14-,15+/m0/s1. The van der Waals surface area contributed by atoms with Crippen molar-refractivity contribution < 1.29 is 19.1 Å². The minimum Gasteiger partial charge on any atom is -0.461 e. The van der Waals surface area contributed by atoms with Gasteiger partial charge in [0.15, 0.2) is 0 Å². The number of carbonyl (C=O) groups is 2. The van der Waals surface area contributed by atoms with E-state index in [0.29, 0.717) is 6.42 Å². The summed E-state index contributed by atoms with van der Waals surface area (Å²) in [5.41, 5.74) is 0.360. The molecule has 1 aromatic carbocycles. The number of rotatable bonds is 4. The Balaban J connectivity index is 1.86. The van der Waals surface area contributed by atoms with E-state index in [0.717, 1.165) is 5.56 Å². The van der Waals surface area contributed by atoms with Gasteiger partial charge in [-0.2, -0.15) is 0 Å². The van der Waals surface area contributed by atoms with Crippen LogP contribution in [0.15, 0.2) is 42.5 Å². The lowest BCUT2D eigenvalue weighted by atomic mass is 10.0. The van der Waals surface area contributed by atoms with Crippen molar-refractivity contribution >= 4 is 12.1 Å². The molecule has 23 heavy (non-hydrogen) atoms. The van der Waals surface area contributed by atoms with Crippen molar-refractivity contribution in [1.29, 1.82) is 0 Å². The van der Waals surface area contributed by atoms with Gasteiger partial charge in [0.2, 0.25) is 0 Å². The molecule has 0 bridgehead atoms. The van der Waals surface area contributed by atoms with E-state index in [1.807, 2.05) is 36.4 Å². The summed E-state index contributed by atoms with van der Waals surface area (Å²) in [6.07, 6.45) is 3.69. The first kappa shape index (κ1) is 17.1. The maximum atomic E-state index is 12.2. The molecule has 1 aliphatic carbocycles. The predicted octanol–water partition coefficient (Wildman–Crippen LogP) is 3.20. The van der Waals surface area contributed by atoms with Gasteiger partial charge in [0.05, 0.1) is 12.0 Å². The van der Waals surface area contributed by atoms with Gasteiger partial charge in [0.1, 0.15) is 12.2 Å². The lowest BCUT2D eigenvalue weighted by molar-refractivity contribution is -0.150. The van der Waals surface area contributed by atoms with Crippen LogP contribution in [0, 0.1) is 5.92 Å². The monoisotopic (exact) mass is 317 g/mol. The molecule has 124 valence electrons. The fourth-order valence-electron chi connectivity index (χ4n) is 2.32. The summed E-state index contributed by atoms with van der Waals surface area (Å²) in [4.78, 5) is 24.1. The van der Waals surface area contributed by atoms with Gasteiger partial charge in [-0.3, -0.25) is 4.79 Å². The maximum absolute atomic E-state index is 12.2. The van der Waals surface area contributed by atoms with Crippen LogP contribution in [0.2, 0.25) is 0 Å². The SMILES string of the molecule is CC(C)(C)OC(=O)N[C@@H]1C=CC[C@@H]1C(=O)OCc1ccccc1. The quantitative estimate of drug-likeness (QED) is 0.684. The summed E-state index contributed by atoms with van der Waals surface area (Å²) in [7, 11) is 0. The molecule has 0 aliphatic heterocycles. The number of hydrogen-bond acceptors (Lipinski definition) is 4. The first-order valence-corrected chi connectivity index (χ1v) is 7.72. The molecule has 5 heteroatoms. The first-order valence-electron chi connectivity index (χ1n) is 7.72. The molecule has 0 radical (unpaired) electrons. The maximum Gasteiger partial charge on any atom is 0.408 e. The molecule has 0 spiro atoms. The van der Waals surface area contributed by atoms with Crippen LogP contribution in [0.25, 0.3) is 0 Å². The minimum atomic E-state index is -0.574. The second-order valence-corrected chi connectivity index (χ2v) is 6.54. The van der Waals surface area contributed by atoms with Crippen molar-refractivity contribution in [3.8, 4) is 0 Å². The van der Waals surface area contributed by atoms with Crippen molar-refractivity contribution in [2.45, 2.75) is 45.4 Å². The molecule has 0 unspecified atom stereocenters. The van der Waals surface area contributed by atoms with E-state index >= 15 is 0 Å². The van der Waals surface area contributed by atoms with Gasteiger partial charge >= 0.3 is 12.1 Å². The van der Waals surface area contributed by atoms with Gasteiger partial charge in [-0.1, -0.05) is 42.5 Å². The molecule has 0 heterocycles. The molecule has 5 nitrogen and oxygen atoms in total. The molecule has 2 atom stereocenters. The third-order valence-corrected chi connectivity index (χ3v) is 3.38. The highest BCUT2D eigenvalue weighted by Crippen LogP contribution is 2.21. The number of carbonyl (C=O) groups excluding carboxylic acids is 2. The number of hydrogen-bond donors (Lipinski definition) is 1. The number of amides is 1. The number of allylic oxidation sites excluding steroid dienone is 1. The Bertz CT molecular complexity index is 574. The van der Waals surface area contributed by atoms with E-state index in [1.54, 1.807) is 26.8 Å². The third-order valence-electron chi connectivity index (χ3n) is 3.38. The highest BCUT2D eigenvalue weighted by molar-refractivity contribution is 5.77. The number of esters is 1. The second kappa shape index (κ2) is 7.31. The summed E-state index contributed by atoms with van der Waals surface area (Å²) in [5.74, 6) is -0.730. The van der Waals surface area contributed by atoms with E-state index in [4.69, 9.17) is 9.47 Å². The van der Waals surface area contributed by atoms with E-state index in [1.165, 1.54) is 0 Å². The van der Waals surface area contributed by atoms with Crippen molar-refractivity contribution in [3.63, 3.8) is 0 Å².